The average molecular weight is 407 g/mol. The van der Waals surface area contributed by atoms with Crippen molar-refractivity contribution in [3.05, 3.63) is 35.9 Å². The summed E-state index contributed by atoms with van der Waals surface area (Å²) in [7, 11) is 1.33. The molecule has 8 heteroatoms. The van der Waals surface area contributed by atoms with Crippen LogP contribution >= 0.6 is 0 Å². The van der Waals surface area contributed by atoms with E-state index in [0.29, 0.717) is 0 Å². The van der Waals surface area contributed by atoms with E-state index in [9.17, 15) is 9.59 Å². The molecule has 0 amide bonds. The molecule has 1 aromatic rings. The summed E-state index contributed by atoms with van der Waals surface area (Å²) < 4.78 is 42.9. The first-order valence-electron chi connectivity index (χ1n) is 10.1. The van der Waals surface area contributed by atoms with Gasteiger partial charge in [0.15, 0.2) is 18.5 Å². The second kappa shape index (κ2) is 7.36. The van der Waals surface area contributed by atoms with Gasteiger partial charge in [-0.1, -0.05) is 30.3 Å². The van der Waals surface area contributed by atoms with Crippen LogP contribution in [0.25, 0.3) is 0 Å². The van der Waals surface area contributed by atoms with Gasteiger partial charge >= 0.3 is 11.9 Å². The van der Waals surface area contributed by atoms with Crippen molar-refractivity contribution in [2.24, 2.45) is 5.41 Å². The van der Waals surface area contributed by atoms with Crippen LogP contribution in [0.1, 0.15) is 40.4 Å². The quantitative estimate of drug-likeness (QED) is 0.704. The maximum Gasteiger partial charge on any atom is 0.312 e. The van der Waals surface area contributed by atoms with Crippen LogP contribution in [0.2, 0.25) is 0 Å². The van der Waals surface area contributed by atoms with Gasteiger partial charge in [0.1, 0.15) is 18.6 Å². The van der Waals surface area contributed by atoms with Crippen molar-refractivity contribution < 1.29 is 39.4 Å². The highest BCUT2D eigenvalue weighted by molar-refractivity contribution is 5.76. The first kappa shape index (κ1) is 19.0. The van der Waals surface area contributed by atoms with Gasteiger partial charge < -0.3 is 28.4 Å². The van der Waals surface area contributed by atoms with Crippen LogP contribution < -0.4 is 0 Å². The summed E-state index contributed by atoms with van der Waals surface area (Å²) in [6.45, 7) is 5.27. The highest BCUT2D eigenvalue weighted by Crippen LogP contribution is 2.45. The smallest absolute Gasteiger partial charge is 0.312 e. The topological polar surface area (TPSA) is 89.5 Å². The maximum atomic E-state index is 12.7. The molecule has 3 fully saturated rings. The van der Waals surface area contributed by atoms with E-state index in [-0.39, 0.29) is 6.61 Å². The van der Waals surface area contributed by atoms with Gasteiger partial charge in [0.05, 0.1) is 12.0 Å². The SMILES string of the molecule is [2H]C1C(=O)O[C@H]2[C@@H](OC(=O)C(C)(C)C)[C@@H]3OC(c4ccccc4)OC[C@H]3O[C@@]12OC. The van der Waals surface area contributed by atoms with Crippen LogP contribution in [0, 0.1) is 5.41 Å². The fourth-order valence-electron chi connectivity index (χ4n) is 3.67. The van der Waals surface area contributed by atoms with Crippen LogP contribution in [-0.2, 0) is 38.0 Å². The van der Waals surface area contributed by atoms with E-state index in [0.717, 1.165) is 5.56 Å². The van der Waals surface area contributed by atoms with Gasteiger partial charge in [-0.2, -0.15) is 0 Å². The molecule has 3 aliphatic heterocycles. The molecule has 158 valence electrons. The number of hydrogen-bond donors (Lipinski definition) is 0. The first-order valence-corrected chi connectivity index (χ1v) is 9.56. The Morgan fingerprint density at radius 3 is 2.66 bits per heavy atom. The maximum absolute atomic E-state index is 12.7. The molecule has 3 heterocycles. The molecule has 3 aliphatic rings. The third-order valence-corrected chi connectivity index (χ3v) is 5.22. The van der Waals surface area contributed by atoms with Gasteiger partial charge in [-0.05, 0) is 20.8 Å². The fourth-order valence-corrected chi connectivity index (χ4v) is 3.67. The summed E-state index contributed by atoms with van der Waals surface area (Å²) in [6.07, 6.45) is -5.81. The number of carbonyl (C=O) groups excluding carboxylic acids is 2. The molecule has 2 unspecified atom stereocenters. The van der Waals surface area contributed by atoms with Crippen molar-refractivity contribution >= 4 is 11.9 Å². The number of carbonyl (C=O) groups is 2. The third kappa shape index (κ3) is 3.66. The molecular formula is C21H26O8. The number of ether oxygens (including phenoxy) is 6. The van der Waals surface area contributed by atoms with Crippen LogP contribution in [-0.4, -0.2) is 55.9 Å². The van der Waals surface area contributed by atoms with Crippen LogP contribution in [0.4, 0.5) is 0 Å². The molecule has 0 bridgehead atoms. The highest BCUT2D eigenvalue weighted by atomic mass is 16.8. The average Bonchev–Trinajstić information content (AvgIpc) is 2.98. The normalized spacial score (nSPS) is 39.7. The molecule has 0 spiro atoms. The number of benzene rings is 1. The van der Waals surface area contributed by atoms with Gasteiger partial charge in [-0.15, -0.1) is 0 Å². The number of esters is 2. The standard InChI is InChI=1S/C21H26O8/c1-20(2,3)19(23)28-16-15-13(29-21(24-4)10-14(22)26-17(16)21)11-25-18(27-15)12-8-6-5-7-9-12/h5-9,13,15-18H,10-11H2,1-4H3/t13-,15-,16+,17+,18?,21+/m1/s1/i10D/t10?,13-,15-,16+,17+,18?,21+. The van der Waals surface area contributed by atoms with Crippen molar-refractivity contribution in [3.63, 3.8) is 0 Å². The molecule has 0 N–H and O–H groups in total. The summed E-state index contributed by atoms with van der Waals surface area (Å²) in [5, 5.41) is 0. The lowest BCUT2D eigenvalue weighted by Crippen LogP contribution is -2.67. The first-order chi connectivity index (χ1) is 14.2. The molecule has 8 nitrogen and oxygen atoms in total. The zero-order valence-electron chi connectivity index (χ0n) is 17.8. The third-order valence-electron chi connectivity index (χ3n) is 5.22. The monoisotopic (exact) mass is 407 g/mol. The van der Waals surface area contributed by atoms with Gasteiger partial charge in [0.25, 0.3) is 0 Å². The van der Waals surface area contributed by atoms with Crippen molar-refractivity contribution in [1.82, 2.24) is 0 Å². The summed E-state index contributed by atoms with van der Waals surface area (Å²) in [5.41, 5.74) is -0.00141. The molecular weight excluding hydrogens is 380 g/mol. The van der Waals surface area contributed by atoms with Crippen molar-refractivity contribution in [3.8, 4) is 0 Å². The van der Waals surface area contributed by atoms with E-state index < -0.39 is 60.2 Å². The Bertz CT molecular complexity index is 809. The second-order valence-corrected chi connectivity index (χ2v) is 8.38. The lowest BCUT2D eigenvalue weighted by molar-refractivity contribution is -0.385. The summed E-state index contributed by atoms with van der Waals surface area (Å²) >= 11 is 0. The van der Waals surface area contributed by atoms with Crippen molar-refractivity contribution in [2.75, 3.05) is 13.7 Å². The molecule has 0 saturated carbocycles. The van der Waals surface area contributed by atoms with E-state index >= 15 is 0 Å². The lowest BCUT2D eigenvalue weighted by Gasteiger charge is -2.50. The molecule has 4 rings (SSSR count). The zero-order chi connectivity index (χ0) is 21.7. The van der Waals surface area contributed by atoms with E-state index in [4.69, 9.17) is 29.8 Å². The minimum absolute atomic E-state index is 0.104. The molecule has 0 radical (unpaired) electrons. The molecule has 0 aromatic heterocycles. The van der Waals surface area contributed by atoms with Crippen LogP contribution in [0.5, 0.6) is 0 Å². The molecule has 0 aliphatic carbocycles. The largest absolute Gasteiger partial charge is 0.455 e. The van der Waals surface area contributed by atoms with Crippen molar-refractivity contribution in [1.29, 1.82) is 0 Å². The summed E-state index contributed by atoms with van der Waals surface area (Å²) in [4.78, 5) is 25.0. The number of methoxy groups -OCH3 is 1. The van der Waals surface area contributed by atoms with Gasteiger partial charge in [-0.3, -0.25) is 9.59 Å². The molecule has 1 aromatic carbocycles. The molecule has 29 heavy (non-hydrogen) atoms. The summed E-state index contributed by atoms with van der Waals surface area (Å²) in [5.74, 6) is -3.01. The highest BCUT2D eigenvalue weighted by Gasteiger charge is 2.65. The van der Waals surface area contributed by atoms with E-state index in [1.165, 1.54) is 7.11 Å². The Morgan fingerprint density at radius 2 is 2.00 bits per heavy atom. The van der Waals surface area contributed by atoms with Gasteiger partial charge in [-0.25, -0.2) is 0 Å². The van der Waals surface area contributed by atoms with Crippen LogP contribution in [0.15, 0.2) is 30.3 Å². The number of fused-ring (bicyclic) bond motifs is 2. The predicted molar refractivity (Wildman–Crippen MR) is 98.5 cm³/mol. The Labute approximate surface area is 170 Å². The number of rotatable bonds is 3. The Kier molecular flexibility index (Phi) is 4.82. The minimum atomic E-state index is -1.71. The molecule has 7 atom stereocenters. The van der Waals surface area contributed by atoms with E-state index in [1.807, 2.05) is 30.3 Å². The van der Waals surface area contributed by atoms with Gasteiger partial charge in [0.2, 0.25) is 5.79 Å². The molecule has 3 saturated heterocycles. The predicted octanol–water partition coefficient (Wildman–Crippen LogP) is 2.12. The zero-order valence-corrected chi connectivity index (χ0v) is 16.8. The van der Waals surface area contributed by atoms with Crippen LogP contribution in [0.3, 0.4) is 0 Å². The second-order valence-electron chi connectivity index (χ2n) is 8.38. The van der Waals surface area contributed by atoms with Crippen molar-refractivity contribution in [2.45, 2.75) is 63.7 Å². The minimum Gasteiger partial charge on any atom is -0.455 e. The Hall–Kier alpha value is -2.00. The lowest BCUT2D eigenvalue weighted by atomic mass is 9.90. The fraction of sp³-hybridized carbons (Fsp3) is 0.619. The Morgan fingerprint density at radius 1 is 1.28 bits per heavy atom. The van der Waals surface area contributed by atoms with Gasteiger partial charge in [0, 0.05) is 14.0 Å². The summed E-state index contributed by atoms with van der Waals surface area (Å²) in [6, 6.07) is 9.33. The Balaban J connectivity index is 1.68. The number of hydrogen-bond acceptors (Lipinski definition) is 8. The van der Waals surface area contributed by atoms with E-state index in [1.54, 1.807) is 20.8 Å². The van der Waals surface area contributed by atoms with E-state index in [2.05, 4.69) is 0 Å².